The molecule has 16 heavy (non-hydrogen) atoms. The molecule has 0 aliphatic heterocycles. The molecule has 0 radical (unpaired) electrons. The van der Waals surface area contributed by atoms with Gasteiger partial charge in [-0.3, -0.25) is 0 Å². The fraction of sp³-hybridized carbons (Fsp3) is 0.167. The normalized spacial score (nSPS) is 10.7. The third kappa shape index (κ3) is 2.34. The third-order valence-corrected chi connectivity index (χ3v) is 4.30. The molecule has 0 aliphatic carbocycles. The van der Waals surface area contributed by atoms with Crippen LogP contribution in [0.25, 0.3) is 0 Å². The van der Waals surface area contributed by atoms with Crippen LogP contribution < -0.4 is 5.73 Å². The van der Waals surface area contributed by atoms with Crippen molar-refractivity contribution >= 4 is 27.7 Å². The Kier molecular flexibility index (Phi) is 3.74. The van der Waals surface area contributed by atoms with Crippen LogP contribution >= 0.6 is 27.7 Å². The van der Waals surface area contributed by atoms with Crippen LogP contribution in [0.15, 0.2) is 49.2 Å². The Morgan fingerprint density at radius 1 is 1.31 bits per heavy atom. The molecule has 0 amide bonds. The van der Waals surface area contributed by atoms with E-state index in [0.29, 0.717) is 6.54 Å². The highest BCUT2D eigenvalue weighted by atomic mass is 79.9. The van der Waals surface area contributed by atoms with E-state index in [-0.39, 0.29) is 0 Å². The predicted octanol–water partition coefficient (Wildman–Crippen LogP) is 3.96. The van der Waals surface area contributed by atoms with Crippen LogP contribution in [0, 0.1) is 6.92 Å². The lowest BCUT2D eigenvalue weighted by Crippen LogP contribution is -1.99. The molecule has 0 bridgehead atoms. The third-order valence-electron chi connectivity index (χ3n) is 2.31. The van der Waals surface area contributed by atoms with Gasteiger partial charge in [0.15, 0.2) is 0 Å². The Labute approximate surface area is 107 Å². The zero-order valence-electron chi connectivity index (χ0n) is 8.87. The van der Waals surface area contributed by atoms with Gasteiger partial charge in [0.25, 0.3) is 0 Å². The molecule has 2 aromatic rings. The van der Waals surface area contributed by atoms with Crippen molar-refractivity contribution in [3.63, 3.8) is 0 Å². The van der Waals surface area contributed by atoms with Crippen molar-refractivity contribution in [3.8, 4) is 0 Å². The van der Waals surface area contributed by atoms with Gasteiger partial charge in [-0.1, -0.05) is 33.8 Å². The van der Waals surface area contributed by atoms with Crippen molar-refractivity contribution in [1.29, 1.82) is 0 Å². The molecule has 1 heterocycles. The number of hydrogen-bond donors (Lipinski definition) is 1. The average molecular weight is 298 g/mol. The minimum Gasteiger partial charge on any atom is -0.468 e. The molecular weight excluding hydrogens is 286 g/mol. The Morgan fingerprint density at radius 2 is 2.12 bits per heavy atom. The van der Waals surface area contributed by atoms with E-state index < -0.39 is 0 Å². The highest BCUT2D eigenvalue weighted by Crippen LogP contribution is 2.35. The lowest BCUT2D eigenvalue weighted by Gasteiger charge is -2.08. The van der Waals surface area contributed by atoms with E-state index in [0.717, 1.165) is 20.7 Å². The fourth-order valence-corrected chi connectivity index (χ4v) is 3.10. The van der Waals surface area contributed by atoms with Crippen LogP contribution in [-0.2, 0) is 6.54 Å². The molecule has 2 nitrogen and oxygen atoms in total. The molecule has 84 valence electrons. The number of nitrogens with two attached hydrogens (primary N) is 1. The van der Waals surface area contributed by atoms with Crippen molar-refractivity contribution < 1.29 is 4.42 Å². The van der Waals surface area contributed by atoms with Gasteiger partial charge >= 0.3 is 0 Å². The van der Waals surface area contributed by atoms with Crippen LogP contribution in [0.3, 0.4) is 0 Å². The summed E-state index contributed by atoms with van der Waals surface area (Å²) < 4.78 is 6.33. The first-order chi connectivity index (χ1) is 7.72. The molecule has 4 heteroatoms. The van der Waals surface area contributed by atoms with E-state index in [1.165, 1.54) is 4.90 Å². The average Bonchev–Trinajstić information content (AvgIpc) is 2.65. The van der Waals surface area contributed by atoms with Crippen LogP contribution in [0.5, 0.6) is 0 Å². The maximum absolute atomic E-state index is 5.75. The summed E-state index contributed by atoms with van der Waals surface area (Å²) in [6.45, 7) is 2.49. The zero-order chi connectivity index (χ0) is 11.5. The van der Waals surface area contributed by atoms with E-state index in [1.807, 2.05) is 25.1 Å². The van der Waals surface area contributed by atoms with E-state index in [4.69, 9.17) is 10.2 Å². The van der Waals surface area contributed by atoms with E-state index in [2.05, 4.69) is 22.0 Å². The lowest BCUT2D eigenvalue weighted by atomic mass is 10.2. The summed E-state index contributed by atoms with van der Waals surface area (Å²) in [5, 5.41) is 0. The van der Waals surface area contributed by atoms with E-state index >= 15 is 0 Å². The van der Waals surface area contributed by atoms with Crippen LogP contribution in [0.1, 0.15) is 11.3 Å². The molecule has 0 unspecified atom stereocenters. The molecule has 0 spiro atoms. The number of hydrogen-bond acceptors (Lipinski definition) is 3. The Bertz CT molecular complexity index is 496. The van der Waals surface area contributed by atoms with E-state index in [1.54, 1.807) is 18.0 Å². The van der Waals surface area contributed by atoms with Crippen LogP contribution in [0.2, 0.25) is 0 Å². The van der Waals surface area contributed by atoms with Gasteiger partial charge in [0.1, 0.15) is 5.76 Å². The number of halogens is 1. The highest BCUT2D eigenvalue weighted by Gasteiger charge is 2.09. The second kappa shape index (κ2) is 5.08. The van der Waals surface area contributed by atoms with Crippen molar-refractivity contribution in [2.45, 2.75) is 23.3 Å². The van der Waals surface area contributed by atoms with Gasteiger partial charge < -0.3 is 10.2 Å². The largest absolute Gasteiger partial charge is 0.468 e. The molecule has 0 atom stereocenters. The molecule has 2 N–H and O–H groups in total. The molecule has 1 aromatic heterocycles. The summed E-state index contributed by atoms with van der Waals surface area (Å²) in [4.78, 5) is 2.30. The number of furan rings is 1. The summed E-state index contributed by atoms with van der Waals surface area (Å²) in [5.74, 6) is 0.938. The maximum atomic E-state index is 5.75. The van der Waals surface area contributed by atoms with Crippen molar-refractivity contribution in [3.05, 3.63) is 46.3 Å². The van der Waals surface area contributed by atoms with Crippen LogP contribution in [0.4, 0.5) is 0 Å². The number of rotatable bonds is 3. The standard InChI is InChI=1S/C12H12BrNOS/c1-8-11(5-6-15-8)16-12-4-2-3-10(13)9(12)7-14/h2-6H,7,14H2,1H3. The van der Waals surface area contributed by atoms with Gasteiger partial charge in [-0.05, 0) is 30.7 Å². The lowest BCUT2D eigenvalue weighted by molar-refractivity contribution is 0.527. The van der Waals surface area contributed by atoms with Gasteiger partial charge in [0, 0.05) is 15.9 Å². The van der Waals surface area contributed by atoms with Gasteiger partial charge in [-0.2, -0.15) is 0 Å². The molecule has 0 aliphatic rings. The number of aryl methyl sites for hydroxylation is 1. The monoisotopic (exact) mass is 297 g/mol. The van der Waals surface area contributed by atoms with Gasteiger partial charge in [-0.15, -0.1) is 0 Å². The molecule has 0 saturated carbocycles. The van der Waals surface area contributed by atoms with Crippen molar-refractivity contribution in [1.82, 2.24) is 0 Å². The second-order valence-corrected chi connectivity index (χ2v) is 5.30. The van der Waals surface area contributed by atoms with Crippen molar-refractivity contribution in [2.24, 2.45) is 5.73 Å². The molecule has 0 fully saturated rings. The first kappa shape index (κ1) is 11.8. The first-order valence-corrected chi connectivity index (χ1v) is 6.52. The number of benzene rings is 1. The first-order valence-electron chi connectivity index (χ1n) is 4.91. The minimum absolute atomic E-state index is 0.528. The summed E-state index contributed by atoms with van der Waals surface area (Å²) in [5.41, 5.74) is 6.88. The van der Waals surface area contributed by atoms with Crippen molar-refractivity contribution in [2.75, 3.05) is 0 Å². The fourth-order valence-electron chi connectivity index (χ4n) is 1.43. The van der Waals surface area contributed by atoms with Crippen LogP contribution in [-0.4, -0.2) is 0 Å². The maximum Gasteiger partial charge on any atom is 0.114 e. The summed E-state index contributed by atoms with van der Waals surface area (Å²) in [6.07, 6.45) is 1.71. The second-order valence-electron chi connectivity index (χ2n) is 3.36. The Hall–Kier alpha value is -0.710. The summed E-state index contributed by atoms with van der Waals surface area (Å²) in [7, 11) is 0. The molecule has 0 saturated heterocycles. The highest BCUT2D eigenvalue weighted by molar-refractivity contribution is 9.10. The Morgan fingerprint density at radius 3 is 2.75 bits per heavy atom. The topological polar surface area (TPSA) is 39.2 Å². The Balaban J connectivity index is 2.35. The van der Waals surface area contributed by atoms with Gasteiger partial charge in [-0.25, -0.2) is 0 Å². The smallest absolute Gasteiger partial charge is 0.114 e. The minimum atomic E-state index is 0.528. The summed E-state index contributed by atoms with van der Waals surface area (Å²) >= 11 is 5.20. The van der Waals surface area contributed by atoms with Gasteiger partial charge in [0.05, 0.1) is 11.2 Å². The molecule has 1 aromatic carbocycles. The van der Waals surface area contributed by atoms with E-state index in [9.17, 15) is 0 Å². The predicted molar refractivity (Wildman–Crippen MR) is 69.6 cm³/mol. The van der Waals surface area contributed by atoms with Gasteiger partial charge in [0.2, 0.25) is 0 Å². The summed E-state index contributed by atoms with van der Waals surface area (Å²) in [6, 6.07) is 8.07. The zero-order valence-corrected chi connectivity index (χ0v) is 11.3. The SMILES string of the molecule is Cc1occc1Sc1cccc(Br)c1CN. The molecular formula is C12H12BrNOS. The quantitative estimate of drug-likeness (QED) is 0.932. The molecule has 2 rings (SSSR count).